The summed E-state index contributed by atoms with van der Waals surface area (Å²) < 4.78 is 51.1. The Labute approximate surface area is 259 Å². The Balaban J connectivity index is 1.65. The highest BCUT2D eigenvalue weighted by molar-refractivity contribution is 7.98. The first kappa shape index (κ1) is 32.4. The molecule has 0 atom stereocenters. The summed E-state index contributed by atoms with van der Waals surface area (Å²) in [6.45, 7) is 5.08. The third-order valence-corrected chi connectivity index (χ3v) is 8.46. The summed E-state index contributed by atoms with van der Waals surface area (Å²) in [7, 11) is 7.45. The van der Waals surface area contributed by atoms with Gasteiger partial charge in [0, 0.05) is 33.0 Å². The number of halogens is 4. The molecule has 1 heterocycles. The van der Waals surface area contributed by atoms with Gasteiger partial charge in [-0.3, -0.25) is 9.36 Å². The number of likely N-dealkylation sites (N-methyl/N-ethyl adjacent to an activating group) is 1. The molecule has 0 aliphatic carbocycles. The van der Waals surface area contributed by atoms with Gasteiger partial charge >= 0.3 is 0 Å². The van der Waals surface area contributed by atoms with Crippen LogP contribution in [0.25, 0.3) is 5.69 Å². The summed E-state index contributed by atoms with van der Waals surface area (Å²) >= 11 is 7.72. The SMILES string of the molecule is COc1cc(C(C)(C)c2cnc(SCc3c(F)cc(C(=O)NCC[N+](C)(C)C)cc3Cl)n2-c2ccc(F)cc2)ccc1F. The van der Waals surface area contributed by atoms with Gasteiger partial charge in [-0.05, 0) is 54.1 Å². The molecule has 0 spiro atoms. The van der Waals surface area contributed by atoms with Crippen LogP contribution in [0.5, 0.6) is 5.75 Å². The molecule has 0 fully saturated rings. The molecule has 1 aromatic heterocycles. The maximum absolute atomic E-state index is 15.3. The molecule has 0 radical (unpaired) electrons. The summed E-state index contributed by atoms with van der Waals surface area (Å²) in [6.07, 6.45) is 1.70. The van der Waals surface area contributed by atoms with Gasteiger partial charge in [0.25, 0.3) is 5.91 Å². The number of thioether (sulfide) groups is 1. The maximum atomic E-state index is 15.3. The number of carbonyl (C=O) groups excluding carboxylic acids is 1. The number of aromatic nitrogens is 2. The van der Waals surface area contributed by atoms with Crippen molar-refractivity contribution < 1.29 is 27.2 Å². The van der Waals surface area contributed by atoms with Crippen LogP contribution in [0, 0.1) is 17.5 Å². The molecule has 1 amide bonds. The Morgan fingerprint density at radius 2 is 1.74 bits per heavy atom. The monoisotopic (exact) mass is 631 g/mol. The molecule has 228 valence electrons. The summed E-state index contributed by atoms with van der Waals surface area (Å²) in [4.78, 5) is 17.2. The van der Waals surface area contributed by atoms with E-state index in [1.807, 2.05) is 39.6 Å². The smallest absolute Gasteiger partial charge is 0.251 e. The van der Waals surface area contributed by atoms with Crippen LogP contribution in [0.1, 0.15) is 41.0 Å². The lowest BCUT2D eigenvalue weighted by Crippen LogP contribution is -2.41. The van der Waals surface area contributed by atoms with Gasteiger partial charge in [0.15, 0.2) is 16.7 Å². The van der Waals surface area contributed by atoms with Crippen molar-refractivity contribution in [3.63, 3.8) is 0 Å². The van der Waals surface area contributed by atoms with E-state index < -0.39 is 28.8 Å². The van der Waals surface area contributed by atoms with Crippen LogP contribution in [0.2, 0.25) is 5.02 Å². The number of nitrogens with one attached hydrogen (secondary N) is 1. The molecule has 3 aromatic carbocycles. The molecule has 11 heteroatoms. The van der Waals surface area contributed by atoms with E-state index in [0.29, 0.717) is 28.4 Å². The highest BCUT2D eigenvalue weighted by atomic mass is 35.5. The van der Waals surface area contributed by atoms with E-state index in [-0.39, 0.29) is 27.7 Å². The Bertz CT molecular complexity index is 1600. The zero-order chi connectivity index (χ0) is 31.5. The minimum absolute atomic E-state index is 0.114. The van der Waals surface area contributed by atoms with Gasteiger partial charge < -0.3 is 14.5 Å². The van der Waals surface area contributed by atoms with Crippen LogP contribution < -0.4 is 10.1 Å². The van der Waals surface area contributed by atoms with E-state index in [1.165, 1.54) is 49.2 Å². The number of hydrogen-bond donors (Lipinski definition) is 1. The highest BCUT2D eigenvalue weighted by Gasteiger charge is 2.30. The van der Waals surface area contributed by atoms with Crippen molar-refractivity contribution in [3.05, 3.63) is 106 Å². The number of rotatable bonds is 11. The fraction of sp³-hybridized carbons (Fsp3) is 0.312. The van der Waals surface area contributed by atoms with Crippen LogP contribution in [-0.2, 0) is 11.2 Å². The predicted molar refractivity (Wildman–Crippen MR) is 165 cm³/mol. The number of methoxy groups -OCH3 is 1. The number of quaternary nitrogens is 1. The number of carbonyl (C=O) groups is 1. The fourth-order valence-corrected chi connectivity index (χ4v) is 5.91. The van der Waals surface area contributed by atoms with E-state index >= 15 is 4.39 Å². The molecule has 0 unspecified atom stereocenters. The third kappa shape index (κ3) is 7.55. The van der Waals surface area contributed by atoms with Gasteiger partial charge in [-0.25, -0.2) is 18.2 Å². The first-order valence-electron chi connectivity index (χ1n) is 13.6. The van der Waals surface area contributed by atoms with Crippen molar-refractivity contribution in [1.82, 2.24) is 14.9 Å². The summed E-state index contributed by atoms with van der Waals surface area (Å²) in [5.41, 5.74) is 1.84. The van der Waals surface area contributed by atoms with Crippen molar-refractivity contribution in [2.75, 3.05) is 41.3 Å². The van der Waals surface area contributed by atoms with Gasteiger partial charge in [-0.15, -0.1) is 0 Å². The minimum atomic E-state index is -0.690. The lowest BCUT2D eigenvalue weighted by Gasteiger charge is -2.28. The topological polar surface area (TPSA) is 56.1 Å². The number of ether oxygens (including phenoxy) is 1. The summed E-state index contributed by atoms with van der Waals surface area (Å²) in [5.74, 6) is -1.63. The number of imidazole rings is 1. The Morgan fingerprint density at radius 3 is 2.37 bits per heavy atom. The fourth-order valence-electron chi connectivity index (χ4n) is 4.53. The average Bonchev–Trinajstić information content (AvgIpc) is 3.37. The van der Waals surface area contributed by atoms with Gasteiger partial charge in [0.05, 0.1) is 53.2 Å². The molecule has 0 aliphatic heterocycles. The molecule has 0 aliphatic rings. The average molecular weight is 632 g/mol. The molecule has 4 aromatic rings. The molecule has 0 saturated heterocycles. The second-order valence-electron chi connectivity index (χ2n) is 11.7. The number of benzene rings is 3. The minimum Gasteiger partial charge on any atom is -0.494 e. The third-order valence-electron chi connectivity index (χ3n) is 7.14. The van der Waals surface area contributed by atoms with E-state index in [4.69, 9.17) is 16.3 Å². The van der Waals surface area contributed by atoms with E-state index in [1.54, 1.807) is 30.5 Å². The second-order valence-corrected chi connectivity index (χ2v) is 13.0. The first-order valence-corrected chi connectivity index (χ1v) is 14.9. The van der Waals surface area contributed by atoms with Crippen molar-refractivity contribution in [2.24, 2.45) is 0 Å². The number of amides is 1. The standard InChI is InChI=1S/C32H34ClF3N4O2S/c1-32(2,21-7-12-26(35)28(17-21)42-6)29-18-38-31(39(29)23-10-8-22(34)9-11-23)43-19-24-25(33)15-20(16-27(24)36)30(41)37-13-14-40(3,4)5/h7-12,15-18H,13-14,19H2,1-6H3/p+1. The highest BCUT2D eigenvalue weighted by Crippen LogP contribution is 2.39. The molecule has 6 nitrogen and oxygen atoms in total. The summed E-state index contributed by atoms with van der Waals surface area (Å²) in [6, 6.07) is 13.3. The number of hydrogen-bond acceptors (Lipinski definition) is 4. The first-order chi connectivity index (χ1) is 20.2. The van der Waals surface area contributed by atoms with Crippen LogP contribution >= 0.6 is 23.4 Å². The molecule has 4 rings (SSSR count). The zero-order valence-corrected chi connectivity index (χ0v) is 26.5. The van der Waals surface area contributed by atoms with E-state index in [0.717, 1.165) is 11.3 Å². The molecular formula is C32H35ClF3N4O2S+. The van der Waals surface area contributed by atoms with E-state index in [9.17, 15) is 13.6 Å². The molecule has 0 saturated carbocycles. The van der Waals surface area contributed by atoms with Gasteiger partial charge in [-0.2, -0.15) is 0 Å². The van der Waals surface area contributed by atoms with Crippen molar-refractivity contribution in [3.8, 4) is 11.4 Å². The molecule has 43 heavy (non-hydrogen) atoms. The van der Waals surface area contributed by atoms with Crippen molar-refractivity contribution >= 4 is 29.3 Å². The lowest BCUT2D eigenvalue weighted by atomic mass is 9.81. The second kappa shape index (κ2) is 13.0. The Morgan fingerprint density at radius 1 is 1.05 bits per heavy atom. The maximum Gasteiger partial charge on any atom is 0.251 e. The largest absolute Gasteiger partial charge is 0.494 e. The van der Waals surface area contributed by atoms with Crippen LogP contribution in [0.15, 0.2) is 66.0 Å². The number of nitrogens with zero attached hydrogens (tertiary/aromatic N) is 3. The molecular weight excluding hydrogens is 597 g/mol. The van der Waals surface area contributed by atoms with Gasteiger partial charge in [-0.1, -0.05) is 43.3 Å². The van der Waals surface area contributed by atoms with E-state index in [2.05, 4.69) is 10.3 Å². The van der Waals surface area contributed by atoms with Crippen molar-refractivity contribution in [1.29, 1.82) is 0 Å². The van der Waals surface area contributed by atoms with Crippen molar-refractivity contribution in [2.45, 2.75) is 30.2 Å². The Kier molecular flexibility index (Phi) is 9.83. The van der Waals surface area contributed by atoms with Gasteiger partial charge in [0.1, 0.15) is 11.6 Å². The van der Waals surface area contributed by atoms with Crippen LogP contribution in [0.4, 0.5) is 13.2 Å². The van der Waals surface area contributed by atoms with Crippen LogP contribution in [-0.4, -0.2) is 61.3 Å². The van der Waals surface area contributed by atoms with Crippen LogP contribution in [0.3, 0.4) is 0 Å². The summed E-state index contributed by atoms with van der Waals surface area (Å²) in [5, 5.41) is 3.45. The quantitative estimate of drug-likeness (QED) is 0.143. The van der Waals surface area contributed by atoms with Gasteiger partial charge in [0.2, 0.25) is 0 Å². The molecule has 0 bridgehead atoms. The predicted octanol–water partition coefficient (Wildman–Crippen LogP) is 7.01. The lowest BCUT2D eigenvalue weighted by molar-refractivity contribution is -0.869. The zero-order valence-electron chi connectivity index (χ0n) is 25.0. The Hall–Kier alpha value is -3.47. The molecule has 1 N–H and O–H groups in total. The normalized spacial score (nSPS) is 12.0.